The summed E-state index contributed by atoms with van der Waals surface area (Å²) in [4.78, 5) is 2.65. The van der Waals surface area contributed by atoms with E-state index in [0.717, 1.165) is 25.6 Å². The molecule has 0 aromatic heterocycles. The van der Waals surface area contributed by atoms with E-state index in [1.165, 1.54) is 25.9 Å². The molecule has 0 radical (unpaired) electrons. The summed E-state index contributed by atoms with van der Waals surface area (Å²) in [6, 6.07) is 1.40. The highest BCUT2D eigenvalue weighted by atomic mass is 16.5. The van der Waals surface area contributed by atoms with Gasteiger partial charge < -0.3 is 10.1 Å². The van der Waals surface area contributed by atoms with Gasteiger partial charge in [0.1, 0.15) is 0 Å². The van der Waals surface area contributed by atoms with Gasteiger partial charge in [-0.3, -0.25) is 4.90 Å². The first kappa shape index (κ1) is 12.9. The van der Waals surface area contributed by atoms with Crippen molar-refractivity contribution < 1.29 is 4.74 Å². The summed E-state index contributed by atoms with van der Waals surface area (Å²) >= 11 is 0. The molecular weight excluding hydrogens is 188 g/mol. The fourth-order valence-corrected chi connectivity index (χ4v) is 2.40. The highest BCUT2D eigenvalue weighted by molar-refractivity contribution is 4.83. The molecule has 2 atom stereocenters. The van der Waals surface area contributed by atoms with Crippen LogP contribution >= 0.6 is 0 Å². The van der Waals surface area contributed by atoms with Crippen LogP contribution in [0.2, 0.25) is 0 Å². The van der Waals surface area contributed by atoms with E-state index in [-0.39, 0.29) is 0 Å². The van der Waals surface area contributed by atoms with Gasteiger partial charge in [-0.25, -0.2) is 0 Å². The van der Waals surface area contributed by atoms with Gasteiger partial charge in [0.05, 0.1) is 0 Å². The lowest BCUT2D eigenvalue weighted by atomic mass is 10.1. The topological polar surface area (TPSA) is 24.5 Å². The second-order valence-electron chi connectivity index (χ2n) is 4.51. The standard InChI is InChI=1S/C12H26N2O/c1-4-8-14(11(2)6-9-15-3)12-5-7-13-10-12/h11-13H,4-10H2,1-3H3. The molecule has 0 aromatic rings. The van der Waals surface area contributed by atoms with Gasteiger partial charge in [-0.2, -0.15) is 0 Å². The Morgan fingerprint density at radius 1 is 1.53 bits per heavy atom. The fraction of sp³-hybridized carbons (Fsp3) is 1.00. The van der Waals surface area contributed by atoms with E-state index < -0.39 is 0 Å². The average molecular weight is 214 g/mol. The minimum atomic E-state index is 0.648. The van der Waals surface area contributed by atoms with Gasteiger partial charge >= 0.3 is 0 Å². The Kier molecular flexibility index (Phi) is 6.22. The molecule has 0 aliphatic carbocycles. The van der Waals surface area contributed by atoms with E-state index in [1.807, 2.05) is 0 Å². The first-order chi connectivity index (χ1) is 7.29. The molecule has 0 amide bonds. The number of rotatable bonds is 7. The van der Waals surface area contributed by atoms with Crippen LogP contribution < -0.4 is 5.32 Å². The normalized spacial score (nSPS) is 23.6. The van der Waals surface area contributed by atoms with E-state index in [9.17, 15) is 0 Å². The molecule has 1 heterocycles. The van der Waals surface area contributed by atoms with E-state index >= 15 is 0 Å². The summed E-state index contributed by atoms with van der Waals surface area (Å²) in [5.41, 5.74) is 0. The molecule has 0 spiro atoms. The molecule has 0 bridgehead atoms. The fourth-order valence-electron chi connectivity index (χ4n) is 2.40. The molecule has 1 rings (SSSR count). The molecular formula is C12H26N2O. The van der Waals surface area contributed by atoms with Crippen molar-refractivity contribution in [1.29, 1.82) is 0 Å². The minimum Gasteiger partial charge on any atom is -0.385 e. The molecule has 2 unspecified atom stereocenters. The van der Waals surface area contributed by atoms with Crippen molar-refractivity contribution in [2.24, 2.45) is 0 Å². The average Bonchev–Trinajstić information content (AvgIpc) is 2.75. The van der Waals surface area contributed by atoms with Crippen molar-refractivity contribution in [3.63, 3.8) is 0 Å². The maximum Gasteiger partial charge on any atom is 0.0477 e. The Bertz CT molecular complexity index is 158. The van der Waals surface area contributed by atoms with Crippen LogP contribution in [0, 0.1) is 0 Å². The van der Waals surface area contributed by atoms with Gasteiger partial charge in [-0.15, -0.1) is 0 Å². The third-order valence-electron chi connectivity index (χ3n) is 3.29. The molecule has 1 N–H and O–H groups in total. The molecule has 1 fully saturated rings. The van der Waals surface area contributed by atoms with Gasteiger partial charge in [-0.05, 0) is 39.3 Å². The van der Waals surface area contributed by atoms with Crippen LogP contribution in [-0.2, 0) is 4.74 Å². The van der Waals surface area contributed by atoms with Crippen LogP contribution in [0.1, 0.15) is 33.1 Å². The molecule has 15 heavy (non-hydrogen) atoms. The highest BCUT2D eigenvalue weighted by Crippen LogP contribution is 2.15. The monoisotopic (exact) mass is 214 g/mol. The number of hydrogen-bond acceptors (Lipinski definition) is 3. The Labute approximate surface area is 94.2 Å². The van der Waals surface area contributed by atoms with Gasteiger partial charge in [0.25, 0.3) is 0 Å². The van der Waals surface area contributed by atoms with Crippen molar-refractivity contribution in [2.45, 2.75) is 45.2 Å². The Morgan fingerprint density at radius 3 is 2.87 bits per heavy atom. The summed E-state index contributed by atoms with van der Waals surface area (Å²) in [7, 11) is 1.79. The van der Waals surface area contributed by atoms with Crippen molar-refractivity contribution in [2.75, 3.05) is 33.4 Å². The summed E-state index contributed by atoms with van der Waals surface area (Å²) < 4.78 is 5.16. The van der Waals surface area contributed by atoms with Crippen LogP contribution in [-0.4, -0.2) is 50.3 Å². The Balaban J connectivity index is 2.39. The van der Waals surface area contributed by atoms with Crippen molar-refractivity contribution in [3.8, 4) is 0 Å². The second kappa shape index (κ2) is 7.20. The van der Waals surface area contributed by atoms with Crippen LogP contribution in [0.5, 0.6) is 0 Å². The predicted molar refractivity (Wildman–Crippen MR) is 64.2 cm³/mol. The zero-order valence-electron chi connectivity index (χ0n) is 10.5. The summed E-state index contributed by atoms with van der Waals surface area (Å²) in [6.45, 7) is 9.03. The first-order valence-electron chi connectivity index (χ1n) is 6.25. The number of ether oxygens (including phenoxy) is 1. The second-order valence-corrected chi connectivity index (χ2v) is 4.51. The number of nitrogens with one attached hydrogen (secondary N) is 1. The van der Waals surface area contributed by atoms with E-state index in [0.29, 0.717) is 6.04 Å². The maximum atomic E-state index is 5.16. The molecule has 0 aromatic carbocycles. The summed E-state index contributed by atoms with van der Waals surface area (Å²) in [5.74, 6) is 0. The van der Waals surface area contributed by atoms with Gasteiger partial charge in [-0.1, -0.05) is 6.92 Å². The number of methoxy groups -OCH3 is 1. The number of nitrogens with zero attached hydrogens (tertiary/aromatic N) is 1. The Hall–Kier alpha value is -0.120. The quantitative estimate of drug-likeness (QED) is 0.695. The van der Waals surface area contributed by atoms with E-state index in [2.05, 4.69) is 24.1 Å². The summed E-state index contributed by atoms with van der Waals surface area (Å²) in [6.07, 6.45) is 3.69. The number of hydrogen-bond donors (Lipinski definition) is 1. The zero-order chi connectivity index (χ0) is 11.1. The SMILES string of the molecule is CCCN(C(C)CCOC)C1CCNC1. The molecule has 0 saturated carbocycles. The lowest BCUT2D eigenvalue weighted by molar-refractivity contribution is 0.110. The third kappa shape index (κ3) is 4.09. The van der Waals surface area contributed by atoms with Crippen LogP contribution in [0.4, 0.5) is 0 Å². The van der Waals surface area contributed by atoms with E-state index in [1.54, 1.807) is 7.11 Å². The van der Waals surface area contributed by atoms with Crippen LogP contribution in [0.3, 0.4) is 0 Å². The van der Waals surface area contributed by atoms with Gasteiger partial charge in [0.2, 0.25) is 0 Å². The zero-order valence-corrected chi connectivity index (χ0v) is 10.5. The Morgan fingerprint density at radius 2 is 2.33 bits per heavy atom. The molecule has 90 valence electrons. The third-order valence-corrected chi connectivity index (χ3v) is 3.29. The summed E-state index contributed by atoms with van der Waals surface area (Å²) in [5, 5.41) is 3.45. The van der Waals surface area contributed by atoms with Gasteiger partial charge in [0.15, 0.2) is 0 Å². The molecule has 1 saturated heterocycles. The molecule has 1 aliphatic rings. The first-order valence-corrected chi connectivity index (χ1v) is 6.25. The predicted octanol–water partition coefficient (Wildman–Crippen LogP) is 1.49. The molecule has 3 heteroatoms. The highest BCUT2D eigenvalue weighted by Gasteiger charge is 2.25. The van der Waals surface area contributed by atoms with Crippen molar-refractivity contribution >= 4 is 0 Å². The lowest BCUT2D eigenvalue weighted by Gasteiger charge is -2.33. The lowest BCUT2D eigenvalue weighted by Crippen LogP contribution is -2.43. The van der Waals surface area contributed by atoms with Gasteiger partial charge in [0, 0.05) is 32.3 Å². The van der Waals surface area contributed by atoms with Crippen molar-refractivity contribution in [1.82, 2.24) is 10.2 Å². The van der Waals surface area contributed by atoms with Crippen LogP contribution in [0.25, 0.3) is 0 Å². The smallest absolute Gasteiger partial charge is 0.0477 e. The van der Waals surface area contributed by atoms with Crippen LogP contribution in [0.15, 0.2) is 0 Å². The molecule has 3 nitrogen and oxygen atoms in total. The van der Waals surface area contributed by atoms with E-state index in [4.69, 9.17) is 4.74 Å². The van der Waals surface area contributed by atoms with Crippen molar-refractivity contribution in [3.05, 3.63) is 0 Å². The maximum absolute atomic E-state index is 5.16. The molecule has 1 aliphatic heterocycles. The minimum absolute atomic E-state index is 0.648. The largest absolute Gasteiger partial charge is 0.385 e.